The van der Waals surface area contributed by atoms with Crippen molar-refractivity contribution in [3.8, 4) is 11.5 Å². The van der Waals surface area contributed by atoms with E-state index in [0.717, 1.165) is 11.4 Å². The highest BCUT2D eigenvalue weighted by molar-refractivity contribution is 5.56. The van der Waals surface area contributed by atoms with Gasteiger partial charge in [-0.15, -0.1) is 0 Å². The van der Waals surface area contributed by atoms with Crippen LogP contribution in [0.3, 0.4) is 0 Å². The highest BCUT2D eigenvalue weighted by Crippen LogP contribution is 2.35. The van der Waals surface area contributed by atoms with Crippen LogP contribution in [0, 0.1) is 5.82 Å². The molecule has 0 spiro atoms. The first-order chi connectivity index (χ1) is 9.24. The zero-order chi connectivity index (χ0) is 13.2. The minimum Gasteiger partial charge on any atom is -0.454 e. The molecule has 19 heavy (non-hydrogen) atoms. The molecular weight excluding hydrogens is 245 g/mol. The van der Waals surface area contributed by atoms with E-state index in [1.54, 1.807) is 12.1 Å². The summed E-state index contributed by atoms with van der Waals surface area (Å²) < 4.78 is 24.2. The molecule has 0 saturated carbocycles. The zero-order valence-corrected chi connectivity index (χ0v) is 10.5. The summed E-state index contributed by atoms with van der Waals surface area (Å²) in [6, 6.07) is 12.2. The van der Waals surface area contributed by atoms with Crippen molar-refractivity contribution < 1.29 is 13.9 Å². The molecule has 0 saturated heterocycles. The van der Waals surface area contributed by atoms with Crippen LogP contribution in [-0.4, -0.2) is 6.79 Å². The fraction of sp³-hybridized carbons (Fsp3) is 0.200. The van der Waals surface area contributed by atoms with E-state index in [9.17, 15) is 4.39 Å². The van der Waals surface area contributed by atoms with Crippen LogP contribution in [0.2, 0.25) is 0 Å². The average molecular weight is 259 g/mol. The Kier molecular flexibility index (Phi) is 2.99. The van der Waals surface area contributed by atoms with Crippen molar-refractivity contribution in [2.45, 2.75) is 13.0 Å². The van der Waals surface area contributed by atoms with Gasteiger partial charge in [-0.2, -0.15) is 0 Å². The quantitative estimate of drug-likeness (QED) is 0.911. The Morgan fingerprint density at radius 1 is 1.11 bits per heavy atom. The van der Waals surface area contributed by atoms with E-state index < -0.39 is 0 Å². The van der Waals surface area contributed by atoms with Gasteiger partial charge in [0.25, 0.3) is 0 Å². The highest BCUT2D eigenvalue weighted by Gasteiger charge is 2.15. The fourth-order valence-electron chi connectivity index (χ4n) is 2.14. The summed E-state index contributed by atoms with van der Waals surface area (Å²) in [6.07, 6.45) is 0. The standard InChI is InChI=1S/C15H14FNO2/c1-10(12-4-2-3-5-13(12)16)17-11-6-7-14-15(8-11)19-9-18-14/h2-8,10,17H,9H2,1H3. The van der Waals surface area contributed by atoms with Gasteiger partial charge in [0.2, 0.25) is 6.79 Å². The molecule has 4 heteroatoms. The van der Waals surface area contributed by atoms with Gasteiger partial charge in [0.05, 0.1) is 6.04 Å². The normalized spacial score (nSPS) is 14.2. The van der Waals surface area contributed by atoms with Gasteiger partial charge in [0.1, 0.15) is 5.82 Å². The van der Waals surface area contributed by atoms with E-state index in [4.69, 9.17) is 9.47 Å². The van der Waals surface area contributed by atoms with Crippen LogP contribution in [0.25, 0.3) is 0 Å². The van der Waals surface area contributed by atoms with Crippen molar-refractivity contribution in [2.24, 2.45) is 0 Å². The SMILES string of the molecule is CC(Nc1ccc2c(c1)OCO2)c1ccccc1F. The third kappa shape index (κ3) is 2.34. The van der Waals surface area contributed by atoms with Crippen molar-refractivity contribution in [1.29, 1.82) is 0 Å². The predicted octanol–water partition coefficient (Wildman–Crippen LogP) is 3.73. The lowest BCUT2D eigenvalue weighted by atomic mass is 10.1. The summed E-state index contributed by atoms with van der Waals surface area (Å²) >= 11 is 0. The lowest BCUT2D eigenvalue weighted by Gasteiger charge is -2.16. The molecule has 1 atom stereocenters. The maximum absolute atomic E-state index is 13.7. The molecule has 2 aromatic rings. The van der Waals surface area contributed by atoms with Gasteiger partial charge in [0, 0.05) is 17.3 Å². The lowest BCUT2D eigenvalue weighted by molar-refractivity contribution is 0.174. The second kappa shape index (κ2) is 4.80. The van der Waals surface area contributed by atoms with Gasteiger partial charge in [0.15, 0.2) is 11.5 Å². The van der Waals surface area contributed by atoms with Crippen LogP contribution in [0.1, 0.15) is 18.5 Å². The smallest absolute Gasteiger partial charge is 0.231 e. The maximum Gasteiger partial charge on any atom is 0.231 e. The molecule has 0 radical (unpaired) electrons. The summed E-state index contributed by atoms with van der Waals surface area (Å²) in [5.74, 6) is 1.25. The van der Waals surface area contributed by atoms with E-state index in [0.29, 0.717) is 11.3 Å². The zero-order valence-electron chi connectivity index (χ0n) is 10.5. The minimum absolute atomic E-state index is 0.124. The predicted molar refractivity (Wildman–Crippen MR) is 71.0 cm³/mol. The molecule has 3 nitrogen and oxygen atoms in total. The third-order valence-electron chi connectivity index (χ3n) is 3.13. The molecule has 0 amide bonds. The second-order valence-corrected chi connectivity index (χ2v) is 4.46. The largest absolute Gasteiger partial charge is 0.454 e. The lowest BCUT2D eigenvalue weighted by Crippen LogP contribution is -2.08. The molecule has 1 aliphatic rings. The number of fused-ring (bicyclic) bond motifs is 1. The number of anilines is 1. The first-order valence-corrected chi connectivity index (χ1v) is 6.14. The number of hydrogen-bond donors (Lipinski definition) is 1. The van der Waals surface area contributed by atoms with Gasteiger partial charge >= 0.3 is 0 Å². The molecule has 3 rings (SSSR count). The molecule has 0 aromatic heterocycles. The topological polar surface area (TPSA) is 30.5 Å². The Morgan fingerprint density at radius 3 is 2.74 bits per heavy atom. The van der Waals surface area contributed by atoms with E-state index in [2.05, 4.69) is 5.32 Å². The van der Waals surface area contributed by atoms with Crippen LogP contribution >= 0.6 is 0 Å². The summed E-state index contributed by atoms with van der Waals surface area (Å²) in [6.45, 7) is 2.17. The van der Waals surface area contributed by atoms with Crippen molar-refractivity contribution in [3.63, 3.8) is 0 Å². The first kappa shape index (κ1) is 11.8. The van der Waals surface area contributed by atoms with Crippen LogP contribution in [0.5, 0.6) is 11.5 Å². The third-order valence-corrected chi connectivity index (χ3v) is 3.13. The van der Waals surface area contributed by atoms with Crippen molar-refractivity contribution >= 4 is 5.69 Å². The Hall–Kier alpha value is -2.23. The number of ether oxygens (including phenoxy) is 2. The molecule has 1 aliphatic heterocycles. The van der Waals surface area contributed by atoms with Crippen molar-refractivity contribution in [2.75, 3.05) is 12.1 Å². The van der Waals surface area contributed by atoms with E-state index in [1.165, 1.54) is 6.07 Å². The Labute approximate surface area is 111 Å². The van der Waals surface area contributed by atoms with E-state index in [1.807, 2.05) is 31.2 Å². The summed E-state index contributed by atoms with van der Waals surface area (Å²) in [7, 11) is 0. The number of benzene rings is 2. The van der Waals surface area contributed by atoms with Crippen LogP contribution in [0.4, 0.5) is 10.1 Å². The molecule has 2 aromatic carbocycles. The molecule has 0 bridgehead atoms. The average Bonchev–Trinajstić information content (AvgIpc) is 2.86. The molecular formula is C15H14FNO2. The monoisotopic (exact) mass is 259 g/mol. The van der Waals surface area contributed by atoms with Gasteiger partial charge < -0.3 is 14.8 Å². The fourth-order valence-corrected chi connectivity index (χ4v) is 2.14. The second-order valence-electron chi connectivity index (χ2n) is 4.46. The molecule has 98 valence electrons. The van der Waals surface area contributed by atoms with Crippen LogP contribution in [0.15, 0.2) is 42.5 Å². The number of halogens is 1. The van der Waals surface area contributed by atoms with Gasteiger partial charge in [-0.25, -0.2) is 4.39 Å². The van der Waals surface area contributed by atoms with Gasteiger partial charge in [-0.1, -0.05) is 18.2 Å². The first-order valence-electron chi connectivity index (χ1n) is 6.14. The number of rotatable bonds is 3. The molecule has 1 heterocycles. The molecule has 1 unspecified atom stereocenters. The summed E-state index contributed by atoms with van der Waals surface area (Å²) in [5, 5.41) is 3.25. The van der Waals surface area contributed by atoms with E-state index in [-0.39, 0.29) is 18.7 Å². The van der Waals surface area contributed by atoms with Crippen molar-refractivity contribution in [1.82, 2.24) is 0 Å². The highest BCUT2D eigenvalue weighted by atomic mass is 19.1. The molecule has 1 N–H and O–H groups in total. The summed E-state index contributed by atoms with van der Waals surface area (Å²) in [4.78, 5) is 0. The van der Waals surface area contributed by atoms with E-state index >= 15 is 0 Å². The Balaban J connectivity index is 1.80. The summed E-state index contributed by atoms with van der Waals surface area (Å²) in [5.41, 5.74) is 1.51. The Bertz CT molecular complexity index is 600. The molecule has 0 aliphatic carbocycles. The minimum atomic E-state index is -0.205. The van der Waals surface area contributed by atoms with Gasteiger partial charge in [-0.3, -0.25) is 0 Å². The maximum atomic E-state index is 13.7. The van der Waals surface area contributed by atoms with Crippen molar-refractivity contribution in [3.05, 3.63) is 53.8 Å². The number of nitrogens with one attached hydrogen (secondary N) is 1. The van der Waals surface area contributed by atoms with Crippen LogP contribution < -0.4 is 14.8 Å². The van der Waals surface area contributed by atoms with Gasteiger partial charge in [-0.05, 0) is 25.1 Å². The van der Waals surface area contributed by atoms with Crippen LogP contribution in [-0.2, 0) is 0 Å². The molecule has 0 fully saturated rings. The number of hydrogen-bond acceptors (Lipinski definition) is 3. The Morgan fingerprint density at radius 2 is 1.89 bits per heavy atom.